The number of rotatable bonds is 2. The molecule has 4 heteroatoms. The maximum atomic E-state index is 5.23. The van der Waals surface area contributed by atoms with Crippen molar-refractivity contribution >= 4 is 55.1 Å². The highest BCUT2D eigenvalue weighted by Gasteiger charge is 1.86. The van der Waals surface area contributed by atoms with E-state index in [2.05, 4.69) is 38.8 Å². The predicted molar refractivity (Wildman–Crippen MR) is 57.7 cm³/mol. The monoisotopic (exact) mass is 312 g/mol. The topological polar surface area (TPSA) is 0 Å². The lowest BCUT2D eigenvalue weighted by atomic mass is 10.6. The van der Waals surface area contributed by atoms with Crippen molar-refractivity contribution in [2.24, 2.45) is 0 Å². The summed E-state index contributed by atoms with van der Waals surface area (Å²) in [5.74, 6) is 0. The zero-order chi connectivity index (χ0) is 8.57. The predicted octanol–water partition coefficient (Wildman–Crippen LogP) is 4.71. The van der Waals surface area contributed by atoms with Crippen molar-refractivity contribution in [2.75, 3.05) is 0 Å². The van der Waals surface area contributed by atoms with E-state index in [1.54, 1.807) is 0 Å². The Bertz CT molecular complexity index is 49.7. The average molecular weight is 315 g/mol. The van der Waals surface area contributed by atoms with Gasteiger partial charge in [-0.05, 0) is 12.8 Å². The van der Waals surface area contributed by atoms with Gasteiger partial charge in [0.25, 0.3) is 0 Å². The van der Waals surface area contributed by atoms with Gasteiger partial charge >= 0.3 is 0 Å². The standard InChI is InChI=1S/C3H6Br2.C3H6Cl2/c2*1-2-3(4)5/h2*3H,2H2,1H3. The number of hydrogen-bond donors (Lipinski definition) is 0. The van der Waals surface area contributed by atoms with Crippen LogP contribution in [0, 0.1) is 0 Å². The lowest BCUT2D eigenvalue weighted by Gasteiger charge is -1.85. The van der Waals surface area contributed by atoms with Crippen LogP contribution < -0.4 is 0 Å². The zero-order valence-corrected chi connectivity index (χ0v) is 10.8. The Kier molecular flexibility index (Phi) is 14.8. The van der Waals surface area contributed by atoms with E-state index in [9.17, 15) is 0 Å². The number of halogens is 4. The van der Waals surface area contributed by atoms with E-state index in [0.29, 0.717) is 3.74 Å². The Morgan fingerprint density at radius 1 is 1.10 bits per heavy atom. The second-order valence-electron chi connectivity index (χ2n) is 1.60. The van der Waals surface area contributed by atoms with Gasteiger partial charge in [0, 0.05) is 0 Å². The van der Waals surface area contributed by atoms with Crippen LogP contribution in [0.5, 0.6) is 0 Å². The molecule has 0 saturated heterocycles. The molecule has 0 aliphatic carbocycles. The second-order valence-corrected chi connectivity index (χ2v) is 6.32. The molecule has 0 unspecified atom stereocenters. The molecular weight excluding hydrogens is 303 g/mol. The SMILES string of the molecule is CCC(Br)Br.CCC(Cl)Cl. The van der Waals surface area contributed by atoms with Gasteiger partial charge in [-0.25, -0.2) is 0 Å². The molecule has 0 aromatic rings. The van der Waals surface area contributed by atoms with Gasteiger partial charge in [-0.15, -0.1) is 23.2 Å². The molecule has 0 aromatic carbocycles. The fourth-order valence-electron chi connectivity index (χ4n) is 0. The third-order valence-electron chi connectivity index (χ3n) is 0.617. The van der Waals surface area contributed by atoms with E-state index in [4.69, 9.17) is 23.2 Å². The third kappa shape index (κ3) is 22.7. The highest BCUT2D eigenvalue weighted by Crippen LogP contribution is 2.10. The van der Waals surface area contributed by atoms with Gasteiger partial charge in [0.2, 0.25) is 0 Å². The van der Waals surface area contributed by atoms with E-state index in [1.807, 2.05) is 6.92 Å². The van der Waals surface area contributed by atoms with Crippen LogP contribution in [0.2, 0.25) is 0 Å². The van der Waals surface area contributed by atoms with Crippen molar-refractivity contribution in [2.45, 2.75) is 35.3 Å². The first-order chi connectivity index (χ1) is 4.54. The molecule has 0 heterocycles. The minimum absolute atomic E-state index is 0.171. The van der Waals surface area contributed by atoms with Gasteiger partial charge in [0.15, 0.2) is 0 Å². The summed E-state index contributed by atoms with van der Waals surface area (Å²) in [6, 6.07) is 0. The summed E-state index contributed by atoms with van der Waals surface area (Å²) in [5.41, 5.74) is 0. The summed E-state index contributed by atoms with van der Waals surface area (Å²) in [4.78, 5) is -0.171. The van der Waals surface area contributed by atoms with E-state index in [1.165, 1.54) is 0 Å². The second kappa shape index (κ2) is 10.5. The van der Waals surface area contributed by atoms with Crippen molar-refractivity contribution in [3.8, 4) is 0 Å². The van der Waals surface area contributed by atoms with Crippen LogP contribution in [0.4, 0.5) is 0 Å². The number of alkyl halides is 4. The van der Waals surface area contributed by atoms with Crippen LogP contribution in [0.25, 0.3) is 0 Å². The highest BCUT2D eigenvalue weighted by atomic mass is 79.9. The molecule has 0 aliphatic heterocycles. The van der Waals surface area contributed by atoms with Crippen LogP contribution in [-0.4, -0.2) is 8.57 Å². The first-order valence-corrected chi connectivity index (χ1v) is 5.81. The molecule has 0 saturated carbocycles. The minimum atomic E-state index is -0.171. The van der Waals surface area contributed by atoms with Gasteiger partial charge in [0.05, 0.1) is 3.74 Å². The Morgan fingerprint density at radius 2 is 1.30 bits per heavy atom. The van der Waals surface area contributed by atoms with Crippen molar-refractivity contribution in [1.82, 2.24) is 0 Å². The van der Waals surface area contributed by atoms with Gasteiger partial charge in [-0.2, -0.15) is 0 Å². The molecule has 10 heavy (non-hydrogen) atoms. The fourth-order valence-corrected chi connectivity index (χ4v) is 0. The maximum absolute atomic E-state index is 5.23. The lowest BCUT2D eigenvalue weighted by Crippen LogP contribution is -1.75. The zero-order valence-electron chi connectivity index (χ0n) is 6.08. The first-order valence-electron chi connectivity index (χ1n) is 3.10. The molecule has 64 valence electrons. The number of hydrogen-bond acceptors (Lipinski definition) is 0. The first kappa shape index (κ1) is 14.1. The molecule has 0 spiro atoms. The quantitative estimate of drug-likeness (QED) is 0.647. The molecule has 0 nitrogen and oxygen atoms in total. The summed E-state index contributed by atoms with van der Waals surface area (Å²) in [5, 5.41) is 0. The van der Waals surface area contributed by atoms with Gasteiger partial charge in [0.1, 0.15) is 4.84 Å². The van der Waals surface area contributed by atoms with Crippen LogP contribution in [0.1, 0.15) is 26.7 Å². The minimum Gasteiger partial charge on any atom is -0.105 e. The Balaban J connectivity index is 0. The largest absolute Gasteiger partial charge is 0.107 e. The molecule has 0 aromatic heterocycles. The molecule has 0 rings (SSSR count). The van der Waals surface area contributed by atoms with Crippen LogP contribution in [0.15, 0.2) is 0 Å². The highest BCUT2D eigenvalue weighted by molar-refractivity contribution is 9.24. The molecule has 0 bridgehead atoms. The van der Waals surface area contributed by atoms with Crippen LogP contribution >= 0.6 is 55.1 Å². The van der Waals surface area contributed by atoms with E-state index >= 15 is 0 Å². The maximum Gasteiger partial charge on any atom is 0.107 e. The van der Waals surface area contributed by atoms with E-state index in [0.717, 1.165) is 12.8 Å². The summed E-state index contributed by atoms with van der Waals surface area (Å²) in [6.07, 6.45) is 1.98. The molecule has 0 amide bonds. The molecule has 0 N–H and O–H groups in total. The molecule has 0 radical (unpaired) electrons. The summed E-state index contributed by atoms with van der Waals surface area (Å²) in [7, 11) is 0. The summed E-state index contributed by atoms with van der Waals surface area (Å²) >= 11 is 17.0. The summed E-state index contributed by atoms with van der Waals surface area (Å²) < 4.78 is 0.509. The smallest absolute Gasteiger partial charge is 0.105 e. The van der Waals surface area contributed by atoms with Crippen molar-refractivity contribution in [1.29, 1.82) is 0 Å². The molecule has 0 aliphatic rings. The van der Waals surface area contributed by atoms with Crippen molar-refractivity contribution in [3.05, 3.63) is 0 Å². The van der Waals surface area contributed by atoms with Gasteiger partial charge in [-0.1, -0.05) is 45.7 Å². The normalized spacial score (nSPS) is 9.60. The van der Waals surface area contributed by atoms with Crippen molar-refractivity contribution in [3.63, 3.8) is 0 Å². The third-order valence-corrected chi connectivity index (χ3v) is 2.53. The lowest BCUT2D eigenvalue weighted by molar-refractivity contribution is 1.04. The molecular formula is C6H12Br2Cl2. The van der Waals surface area contributed by atoms with Crippen LogP contribution in [0.3, 0.4) is 0 Å². The Labute approximate surface area is 89.9 Å². The van der Waals surface area contributed by atoms with Crippen LogP contribution in [-0.2, 0) is 0 Å². The Morgan fingerprint density at radius 3 is 1.30 bits per heavy atom. The Hall–Kier alpha value is 1.54. The average Bonchev–Trinajstić information content (AvgIpc) is 1.89. The van der Waals surface area contributed by atoms with Gasteiger partial charge < -0.3 is 0 Å². The van der Waals surface area contributed by atoms with Crippen molar-refractivity contribution < 1.29 is 0 Å². The summed E-state index contributed by atoms with van der Waals surface area (Å²) in [6.45, 7) is 4.04. The fraction of sp³-hybridized carbons (Fsp3) is 1.00. The van der Waals surface area contributed by atoms with E-state index in [-0.39, 0.29) is 4.84 Å². The van der Waals surface area contributed by atoms with Gasteiger partial charge in [-0.3, -0.25) is 0 Å². The molecule has 0 fully saturated rings. The van der Waals surface area contributed by atoms with E-state index < -0.39 is 0 Å². The molecule has 0 atom stereocenters.